The second-order valence-electron chi connectivity index (χ2n) is 3.42. The standard InChI is InChI=1S/C9H17N3O3S/c1-16(14,15)7-3-5-11-8-9(13)12-6-2-4-10/h11H,2-3,5-8H2,1H3,(H,12,13). The van der Waals surface area contributed by atoms with Crippen molar-refractivity contribution in [2.45, 2.75) is 12.8 Å². The van der Waals surface area contributed by atoms with Gasteiger partial charge < -0.3 is 10.6 Å². The topological polar surface area (TPSA) is 99.1 Å². The van der Waals surface area contributed by atoms with Gasteiger partial charge in [-0.1, -0.05) is 0 Å². The molecule has 0 radical (unpaired) electrons. The van der Waals surface area contributed by atoms with Crippen molar-refractivity contribution in [1.29, 1.82) is 5.26 Å². The summed E-state index contributed by atoms with van der Waals surface area (Å²) in [6.45, 7) is 0.980. The lowest BCUT2D eigenvalue weighted by molar-refractivity contribution is -0.120. The zero-order valence-electron chi connectivity index (χ0n) is 9.32. The van der Waals surface area contributed by atoms with E-state index in [1.807, 2.05) is 6.07 Å². The maximum atomic E-state index is 11.1. The number of sulfone groups is 1. The second kappa shape index (κ2) is 8.07. The summed E-state index contributed by atoms with van der Waals surface area (Å²) in [5, 5.41) is 13.6. The first kappa shape index (κ1) is 14.9. The van der Waals surface area contributed by atoms with Crippen molar-refractivity contribution in [3.63, 3.8) is 0 Å². The molecule has 0 saturated heterocycles. The van der Waals surface area contributed by atoms with Gasteiger partial charge in [-0.15, -0.1) is 0 Å². The summed E-state index contributed by atoms with van der Waals surface area (Å²) in [5.41, 5.74) is 0. The maximum absolute atomic E-state index is 11.1. The van der Waals surface area contributed by atoms with Crippen LogP contribution in [0.4, 0.5) is 0 Å². The van der Waals surface area contributed by atoms with Crippen LogP contribution in [-0.4, -0.2) is 46.0 Å². The monoisotopic (exact) mass is 247 g/mol. The first-order chi connectivity index (χ1) is 7.45. The molecule has 0 aromatic rings. The van der Waals surface area contributed by atoms with Gasteiger partial charge in [-0.2, -0.15) is 5.26 Å². The van der Waals surface area contributed by atoms with E-state index in [-0.39, 0.29) is 18.2 Å². The third-order valence-electron chi connectivity index (χ3n) is 1.71. The first-order valence-electron chi connectivity index (χ1n) is 4.98. The molecule has 1 amide bonds. The largest absolute Gasteiger partial charge is 0.354 e. The zero-order valence-corrected chi connectivity index (χ0v) is 10.1. The van der Waals surface area contributed by atoms with Gasteiger partial charge in [0.25, 0.3) is 0 Å². The van der Waals surface area contributed by atoms with Crippen LogP contribution in [0.15, 0.2) is 0 Å². The predicted molar refractivity (Wildman–Crippen MR) is 60.4 cm³/mol. The van der Waals surface area contributed by atoms with Crippen molar-refractivity contribution >= 4 is 15.7 Å². The predicted octanol–water partition coefficient (Wildman–Crippen LogP) is -0.959. The van der Waals surface area contributed by atoms with Crippen LogP contribution < -0.4 is 10.6 Å². The smallest absolute Gasteiger partial charge is 0.233 e. The molecule has 16 heavy (non-hydrogen) atoms. The van der Waals surface area contributed by atoms with Crippen LogP contribution in [0.25, 0.3) is 0 Å². The number of amides is 1. The van der Waals surface area contributed by atoms with Crippen molar-refractivity contribution in [3.8, 4) is 6.07 Å². The van der Waals surface area contributed by atoms with E-state index in [0.29, 0.717) is 25.9 Å². The van der Waals surface area contributed by atoms with Gasteiger partial charge in [0.05, 0.1) is 24.8 Å². The van der Waals surface area contributed by atoms with Crippen LogP contribution in [0.5, 0.6) is 0 Å². The SMILES string of the molecule is CS(=O)(=O)CCCNCC(=O)NCCC#N. The van der Waals surface area contributed by atoms with Crippen LogP contribution in [0.2, 0.25) is 0 Å². The minimum absolute atomic E-state index is 0.121. The summed E-state index contributed by atoms with van der Waals surface area (Å²) in [6, 6.07) is 1.91. The summed E-state index contributed by atoms with van der Waals surface area (Å²) in [7, 11) is -2.92. The molecule has 0 heterocycles. The Balaban J connectivity index is 3.39. The molecule has 7 heteroatoms. The van der Waals surface area contributed by atoms with Crippen molar-refractivity contribution < 1.29 is 13.2 Å². The van der Waals surface area contributed by atoms with Crippen LogP contribution in [0.1, 0.15) is 12.8 Å². The Labute approximate surface area is 95.9 Å². The summed E-state index contributed by atoms with van der Waals surface area (Å²) >= 11 is 0. The Bertz CT molecular complexity index is 346. The van der Waals surface area contributed by atoms with Gasteiger partial charge in [-0.3, -0.25) is 4.79 Å². The molecule has 0 unspecified atom stereocenters. The molecule has 0 fully saturated rings. The van der Waals surface area contributed by atoms with E-state index in [1.54, 1.807) is 0 Å². The summed E-state index contributed by atoms with van der Waals surface area (Å²) in [6.07, 6.45) is 1.96. The molecule has 92 valence electrons. The van der Waals surface area contributed by atoms with Crippen molar-refractivity contribution in [2.24, 2.45) is 0 Å². The number of nitriles is 1. The van der Waals surface area contributed by atoms with Gasteiger partial charge in [0.1, 0.15) is 9.84 Å². The highest BCUT2D eigenvalue weighted by Gasteiger charge is 2.02. The lowest BCUT2D eigenvalue weighted by Crippen LogP contribution is -2.35. The molecule has 0 rings (SSSR count). The number of nitrogens with one attached hydrogen (secondary N) is 2. The number of hydrogen-bond donors (Lipinski definition) is 2. The molecule has 6 nitrogen and oxygen atoms in total. The third kappa shape index (κ3) is 10.9. The van der Waals surface area contributed by atoms with Crippen LogP contribution >= 0.6 is 0 Å². The van der Waals surface area contributed by atoms with E-state index in [2.05, 4.69) is 10.6 Å². The molecule has 0 aliphatic carbocycles. The highest BCUT2D eigenvalue weighted by atomic mass is 32.2. The number of nitrogens with zero attached hydrogens (tertiary/aromatic N) is 1. The fourth-order valence-electron chi connectivity index (χ4n) is 0.982. The molecular weight excluding hydrogens is 230 g/mol. The first-order valence-corrected chi connectivity index (χ1v) is 7.04. The molecule has 0 aromatic heterocycles. The molecule has 0 aliphatic heterocycles. The van der Waals surface area contributed by atoms with Gasteiger partial charge in [-0.05, 0) is 13.0 Å². The molecule has 0 saturated carbocycles. The molecule has 0 spiro atoms. The third-order valence-corrected chi connectivity index (χ3v) is 2.74. The van der Waals surface area contributed by atoms with E-state index in [4.69, 9.17) is 5.26 Å². The Hall–Kier alpha value is -1.13. The van der Waals surface area contributed by atoms with Crippen molar-refractivity contribution in [3.05, 3.63) is 0 Å². The molecule has 0 aromatic carbocycles. The summed E-state index contributed by atoms with van der Waals surface area (Å²) in [5.74, 6) is -0.0645. The summed E-state index contributed by atoms with van der Waals surface area (Å²) < 4.78 is 21.5. The number of rotatable bonds is 8. The summed E-state index contributed by atoms with van der Waals surface area (Å²) in [4.78, 5) is 11.1. The molecule has 0 bridgehead atoms. The van der Waals surface area contributed by atoms with Gasteiger partial charge >= 0.3 is 0 Å². The van der Waals surface area contributed by atoms with Gasteiger partial charge in [0.2, 0.25) is 5.91 Å². The lowest BCUT2D eigenvalue weighted by atomic mass is 10.4. The van der Waals surface area contributed by atoms with Crippen LogP contribution in [0, 0.1) is 11.3 Å². The molecule has 0 aliphatic rings. The molecule has 0 atom stereocenters. The normalized spacial score (nSPS) is 10.8. The van der Waals surface area contributed by atoms with E-state index in [1.165, 1.54) is 6.26 Å². The van der Waals surface area contributed by atoms with E-state index >= 15 is 0 Å². The lowest BCUT2D eigenvalue weighted by Gasteiger charge is -2.04. The van der Waals surface area contributed by atoms with Crippen molar-refractivity contribution in [1.82, 2.24) is 10.6 Å². The number of carbonyl (C=O) groups is 1. The Morgan fingerprint density at radius 3 is 2.62 bits per heavy atom. The van der Waals surface area contributed by atoms with Crippen LogP contribution in [-0.2, 0) is 14.6 Å². The highest BCUT2D eigenvalue weighted by Crippen LogP contribution is 1.86. The molecular formula is C9H17N3O3S. The Kier molecular flexibility index (Phi) is 7.50. The van der Waals surface area contributed by atoms with E-state index < -0.39 is 9.84 Å². The zero-order chi connectivity index (χ0) is 12.4. The average Bonchev–Trinajstić information content (AvgIpc) is 2.16. The Morgan fingerprint density at radius 1 is 1.38 bits per heavy atom. The maximum Gasteiger partial charge on any atom is 0.233 e. The Morgan fingerprint density at radius 2 is 2.06 bits per heavy atom. The number of hydrogen-bond acceptors (Lipinski definition) is 5. The van der Waals surface area contributed by atoms with Crippen molar-refractivity contribution in [2.75, 3.05) is 31.6 Å². The van der Waals surface area contributed by atoms with Gasteiger partial charge in [0.15, 0.2) is 0 Å². The minimum Gasteiger partial charge on any atom is -0.354 e. The second-order valence-corrected chi connectivity index (χ2v) is 5.68. The van der Waals surface area contributed by atoms with E-state index in [0.717, 1.165) is 0 Å². The average molecular weight is 247 g/mol. The fraction of sp³-hybridized carbons (Fsp3) is 0.778. The fourth-order valence-corrected chi connectivity index (χ4v) is 1.65. The van der Waals surface area contributed by atoms with Crippen LogP contribution in [0.3, 0.4) is 0 Å². The minimum atomic E-state index is -2.92. The highest BCUT2D eigenvalue weighted by molar-refractivity contribution is 7.90. The van der Waals surface area contributed by atoms with Gasteiger partial charge in [0, 0.05) is 12.8 Å². The van der Waals surface area contributed by atoms with E-state index in [9.17, 15) is 13.2 Å². The van der Waals surface area contributed by atoms with Gasteiger partial charge in [-0.25, -0.2) is 8.42 Å². The molecule has 2 N–H and O–H groups in total. The number of carbonyl (C=O) groups excluding carboxylic acids is 1. The quantitative estimate of drug-likeness (QED) is 0.538.